The van der Waals surface area contributed by atoms with Crippen molar-refractivity contribution in [2.75, 3.05) is 0 Å². The maximum atomic E-state index is 10.9. The van der Waals surface area contributed by atoms with Gasteiger partial charge in [-0.3, -0.25) is 0 Å². The van der Waals surface area contributed by atoms with E-state index in [1.54, 1.807) is 11.3 Å². The second-order valence-electron chi connectivity index (χ2n) is 5.25. The average Bonchev–Trinajstić information content (AvgIpc) is 2.89. The first-order valence-electron chi connectivity index (χ1n) is 6.87. The third-order valence-electron chi connectivity index (χ3n) is 3.69. The lowest BCUT2D eigenvalue weighted by Gasteiger charge is -2.08. The smallest absolute Gasteiger partial charge is 0.157 e. The van der Waals surface area contributed by atoms with Crippen LogP contribution >= 0.6 is 11.3 Å². The first kappa shape index (κ1) is 15.4. The van der Waals surface area contributed by atoms with Gasteiger partial charge in [-0.05, 0) is 46.7 Å². The van der Waals surface area contributed by atoms with E-state index in [9.17, 15) is 9.32 Å². The number of aliphatic hydroxyl groups is 1. The standard InChI is InChI=1S/C17H16O3S2/c1-11-6-13(10-22(19)20)2-4-14(11)16-9-21-17-5-3-12(8-18)7-15(16)17/h2-7,9,18H,8,10H2,1H3,(H,19,20). The van der Waals surface area contributed by atoms with E-state index in [2.05, 4.69) is 5.38 Å². The highest BCUT2D eigenvalue weighted by Crippen LogP contribution is 2.36. The van der Waals surface area contributed by atoms with Crippen LogP contribution in [0.15, 0.2) is 41.8 Å². The highest BCUT2D eigenvalue weighted by Gasteiger charge is 2.10. The van der Waals surface area contributed by atoms with E-state index in [-0.39, 0.29) is 12.4 Å². The molecule has 0 amide bonds. The number of aliphatic hydroxyl groups excluding tert-OH is 1. The fourth-order valence-electron chi connectivity index (χ4n) is 2.64. The molecule has 22 heavy (non-hydrogen) atoms. The van der Waals surface area contributed by atoms with Gasteiger partial charge in [-0.15, -0.1) is 11.3 Å². The summed E-state index contributed by atoms with van der Waals surface area (Å²) in [5, 5.41) is 12.6. The minimum Gasteiger partial charge on any atom is -0.392 e. The van der Waals surface area contributed by atoms with Gasteiger partial charge < -0.3 is 9.66 Å². The van der Waals surface area contributed by atoms with Gasteiger partial charge in [0.2, 0.25) is 0 Å². The molecule has 0 aliphatic carbocycles. The summed E-state index contributed by atoms with van der Waals surface area (Å²) in [6.07, 6.45) is 0. The Morgan fingerprint density at radius 2 is 1.86 bits per heavy atom. The van der Waals surface area contributed by atoms with Crippen LogP contribution in [0.2, 0.25) is 0 Å². The van der Waals surface area contributed by atoms with Gasteiger partial charge in [0.1, 0.15) is 0 Å². The highest BCUT2D eigenvalue weighted by atomic mass is 32.2. The van der Waals surface area contributed by atoms with Crippen molar-refractivity contribution in [1.29, 1.82) is 0 Å². The van der Waals surface area contributed by atoms with Crippen molar-refractivity contribution in [2.24, 2.45) is 0 Å². The predicted molar refractivity (Wildman–Crippen MR) is 92.4 cm³/mol. The van der Waals surface area contributed by atoms with E-state index in [0.717, 1.165) is 33.2 Å². The Hall–Kier alpha value is -1.53. The second-order valence-corrected chi connectivity index (χ2v) is 7.10. The summed E-state index contributed by atoms with van der Waals surface area (Å²) in [4.78, 5) is 0. The predicted octanol–water partition coefficient (Wildman–Crippen LogP) is 4.09. The Balaban J connectivity index is 2.09. The van der Waals surface area contributed by atoms with Crippen LogP contribution in [-0.2, 0) is 23.4 Å². The largest absolute Gasteiger partial charge is 0.392 e. The molecular formula is C17H16O3S2. The molecule has 1 heterocycles. The number of benzene rings is 2. The van der Waals surface area contributed by atoms with Crippen molar-refractivity contribution in [3.8, 4) is 11.1 Å². The Kier molecular flexibility index (Phi) is 4.40. The number of fused-ring (bicyclic) bond motifs is 1. The molecule has 1 atom stereocenters. The fraction of sp³-hybridized carbons (Fsp3) is 0.176. The molecule has 114 valence electrons. The quantitative estimate of drug-likeness (QED) is 0.708. The third-order valence-corrected chi connectivity index (χ3v) is 5.24. The minimum absolute atomic E-state index is 0.0332. The maximum Gasteiger partial charge on any atom is 0.157 e. The monoisotopic (exact) mass is 332 g/mol. The molecule has 3 nitrogen and oxygen atoms in total. The van der Waals surface area contributed by atoms with Crippen molar-refractivity contribution in [1.82, 2.24) is 0 Å². The number of rotatable bonds is 4. The molecule has 0 aliphatic rings. The molecule has 0 saturated heterocycles. The van der Waals surface area contributed by atoms with Gasteiger partial charge in [0.25, 0.3) is 0 Å². The summed E-state index contributed by atoms with van der Waals surface area (Å²) in [6, 6.07) is 11.9. The molecule has 1 unspecified atom stereocenters. The molecule has 5 heteroatoms. The van der Waals surface area contributed by atoms with Crippen LogP contribution in [0.1, 0.15) is 16.7 Å². The second kappa shape index (κ2) is 6.30. The molecule has 0 bridgehead atoms. The molecule has 0 saturated carbocycles. The van der Waals surface area contributed by atoms with Gasteiger partial charge in [-0.2, -0.15) is 0 Å². The zero-order valence-electron chi connectivity index (χ0n) is 12.1. The lowest BCUT2D eigenvalue weighted by atomic mass is 9.97. The van der Waals surface area contributed by atoms with E-state index in [1.165, 1.54) is 4.70 Å². The normalized spacial score (nSPS) is 12.7. The zero-order chi connectivity index (χ0) is 15.7. The molecule has 0 spiro atoms. The van der Waals surface area contributed by atoms with Gasteiger partial charge in [0.05, 0.1) is 12.4 Å². The highest BCUT2D eigenvalue weighted by molar-refractivity contribution is 7.78. The molecule has 2 N–H and O–H groups in total. The van der Waals surface area contributed by atoms with Crippen LogP contribution in [-0.4, -0.2) is 13.9 Å². The Bertz CT molecular complexity index is 852. The molecule has 1 aromatic heterocycles. The minimum atomic E-state index is -1.82. The summed E-state index contributed by atoms with van der Waals surface area (Å²) in [6.45, 7) is 2.05. The molecule has 2 aromatic carbocycles. The van der Waals surface area contributed by atoms with Crippen molar-refractivity contribution < 1.29 is 13.9 Å². The first-order chi connectivity index (χ1) is 10.6. The molecule has 0 radical (unpaired) electrons. The van der Waals surface area contributed by atoms with E-state index >= 15 is 0 Å². The number of aryl methyl sites for hydroxylation is 1. The molecular weight excluding hydrogens is 316 g/mol. The molecule has 0 fully saturated rings. The van der Waals surface area contributed by atoms with Crippen LogP contribution in [0, 0.1) is 6.92 Å². The SMILES string of the molecule is Cc1cc(CS(=O)O)ccc1-c1csc2ccc(CO)cc12. The Labute approximate surface area is 135 Å². The fourth-order valence-corrected chi connectivity index (χ4v) is 4.05. The van der Waals surface area contributed by atoms with Crippen molar-refractivity contribution in [3.63, 3.8) is 0 Å². The van der Waals surface area contributed by atoms with Crippen molar-refractivity contribution in [2.45, 2.75) is 19.3 Å². The topological polar surface area (TPSA) is 57.5 Å². The zero-order valence-corrected chi connectivity index (χ0v) is 13.7. The molecule has 3 rings (SSSR count). The van der Waals surface area contributed by atoms with Crippen LogP contribution in [0.25, 0.3) is 21.2 Å². The van der Waals surface area contributed by atoms with Crippen LogP contribution in [0.3, 0.4) is 0 Å². The van der Waals surface area contributed by atoms with Gasteiger partial charge in [-0.25, -0.2) is 4.21 Å². The van der Waals surface area contributed by atoms with E-state index in [0.29, 0.717) is 0 Å². The van der Waals surface area contributed by atoms with Crippen LogP contribution in [0.5, 0.6) is 0 Å². The lowest BCUT2D eigenvalue weighted by Crippen LogP contribution is -1.94. The number of thiophene rings is 1. The number of hydrogen-bond donors (Lipinski definition) is 2. The van der Waals surface area contributed by atoms with Crippen molar-refractivity contribution in [3.05, 3.63) is 58.5 Å². The third kappa shape index (κ3) is 2.98. The van der Waals surface area contributed by atoms with Crippen LogP contribution < -0.4 is 0 Å². The number of hydrogen-bond acceptors (Lipinski definition) is 3. The summed E-state index contributed by atoms with van der Waals surface area (Å²) >= 11 is -0.139. The average molecular weight is 332 g/mol. The molecule has 0 aliphatic heterocycles. The maximum absolute atomic E-state index is 10.9. The van der Waals surface area contributed by atoms with E-state index < -0.39 is 11.1 Å². The van der Waals surface area contributed by atoms with E-state index in [1.807, 2.05) is 43.3 Å². The first-order valence-corrected chi connectivity index (χ1v) is 9.02. The summed E-state index contributed by atoms with van der Waals surface area (Å²) in [5.41, 5.74) is 5.10. The van der Waals surface area contributed by atoms with Crippen molar-refractivity contribution >= 4 is 32.5 Å². The van der Waals surface area contributed by atoms with Gasteiger partial charge in [0.15, 0.2) is 11.1 Å². The summed E-state index contributed by atoms with van der Waals surface area (Å²) in [7, 11) is 0. The van der Waals surface area contributed by atoms with Gasteiger partial charge in [0, 0.05) is 15.6 Å². The molecule has 3 aromatic rings. The van der Waals surface area contributed by atoms with Gasteiger partial charge >= 0.3 is 0 Å². The Morgan fingerprint density at radius 3 is 2.55 bits per heavy atom. The summed E-state index contributed by atoms with van der Waals surface area (Å²) < 4.78 is 21.1. The summed E-state index contributed by atoms with van der Waals surface area (Å²) in [5.74, 6) is 0.153. The Morgan fingerprint density at radius 1 is 1.09 bits per heavy atom. The lowest BCUT2D eigenvalue weighted by molar-refractivity contribution is 0.282. The van der Waals surface area contributed by atoms with Crippen LogP contribution in [0.4, 0.5) is 0 Å². The van der Waals surface area contributed by atoms with Gasteiger partial charge in [-0.1, -0.05) is 24.3 Å². The van der Waals surface area contributed by atoms with E-state index in [4.69, 9.17) is 4.55 Å².